The highest BCUT2D eigenvalue weighted by molar-refractivity contribution is 8.00. The normalized spacial score (nSPS) is 13.2. The molecule has 2 aliphatic rings. The molecule has 0 N–H and O–H groups in total. The van der Waals surface area contributed by atoms with Crippen molar-refractivity contribution in [1.29, 1.82) is 5.26 Å². The van der Waals surface area contributed by atoms with E-state index >= 15 is 0 Å². The highest BCUT2D eigenvalue weighted by Crippen LogP contribution is 2.51. The summed E-state index contributed by atoms with van der Waals surface area (Å²) in [5.41, 5.74) is 8.36. The summed E-state index contributed by atoms with van der Waals surface area (Å²) in [6, 6.07) is 31.3. The smallest absolute Gasteiger partial charge is 0.0992 e. The molecule has 0 spiro atoms. The van der Waals surface area contributed by atoms with Gasteiger partial charge in [-0.05, 0) is 78.6 Å². The first kappa shape index (κ1) is 28.8. The van der Waals surface area contributed by atoms with E-state index in [0.29, 0.717) is 0 Å². The van der Waals surface area contributed by atoms with E-state index in [2.05, 4.69) is 103 Å². The zero-order valence-electron chi connectivity index (χ0n) is 24.7. The Kier molecular flexibility index (Phi) is 9.12. The number of rotatable bonds is 11. The van der Waals surface area contributed by atoms with E-state index in [4.69, 9.17) is 0 Å². The second kappa shape index (κ2) is 13.3. The van der Waals surface area contributed by atoms with Crippen molar-refractivity contribution >= 4 is 46.3 Å². The van der Waals surface area contributed by atoms with Crippen LogP contribution in [0.5, 0.6) is 0 Å². The number of unbranched alkanes of at least 4 members (excludes halogenated alkanes) is 6. The average molecular weight is 590 g/mol. The minimum atomic E-state index is 0.720. The average Bonchev–Trinajstić information content (AvgIpc) is 3.03. The Bertz CT molecular complexity index is 1610. The predicted molar refractivity (Wildman–Crippen MR) is 180 cm³/mol. The summed E-state index contributed by atoms with van der Waals surface area (Å²) in [4.78, 5) is 10.1. The van der Waals surface area contributed by atoms with Crippen molar-refractivity contribution in [2.45, 2.75) is 84.8 Å². The van der Waals surface area contributed by atoms with Gasteiger partial charge in [-0.3, -0.25) is 0 Å². The number of hydrogen-bond donors (Lipinski definition) is 0. The number of para-hydroxylation sites is 1. The van der Waals surface area contributed by atoms with Crippen LogP contribution in [0.3, 0.4) is 0 Å². The molecule has 214 valence electrons. The van der Waals surface area contributed by atoms with E-state index in [1.807, 2.05) is 17.8 Å². The molecule has 3 nitrogen and oxygen atoms in total. The Labute approximate surface area is 259 Å². The zero-order valence-corrected chi connectivity index (χ0v) is 26.4. The summed E-state index contributed by atoms with van der Waals surface area (Å²) in [5.74, 6) is 0. The standard InChI is InChI=1S/C37H39N3S2/c1-3-5-7-11-21-39-30-13-9-10-14-34(30)41-36-24-28(16-19-32(36)39)29-17-20-33-37(25-29)42-35-23-27(26-38)15-18-31(35)40(33)22-12-8-6-4-2/h9-10,13-20,23-25H,3-8,11-12,21-22H2,1-2H3. The van der Waals surface area contributed by atoms with E-state index < -0.39 is 0 Å². The first-order valence-electron chi connectivity index (χ1n) is 15.5. The van der Waals surface area contributed by atoms with Gasteiger partial charge in [-0.1, -0.05) is 100 Å². The maximum atomic E-state index is 9.56. The molecule has 0 atom stereocenters. The van der Waals surface area contributed by atoms with Gasteiger partial charge in [-0.2, -0.15) is 5.26 Å². The third-order valence-corrected chi connectivity index (χ3v) is 10.5. The largest absolute Gasteiger partial charge is 0.340 e. The lowest BCUT2D eigenvalue weighted by Crippen LogP contribution is -2.22. The van der Waals surface area contributed by atoms with Gasteiger partial charge in [-0.15, -0.1) is 0 Å². The number of hydrogen-bond acceptors (Lipinski definition) is 5. The minimum Gasteiger partial charge on any atom is -0.340 e. The molecule has 0 amide bonds. The van der Waals surface area contributed by atoms with Crippen molar-refractivity contribution in [1.82, 2.24) is 0 Å². The quantitative estimate of drug-likeness (QED) is 0.162. The zero-order chi connectivity index (χ0) is 28.9. The molecule has 0 fully saturated rings. The van der Waals surface area contributed by atoms with Gasteiger partial charge in [0.1, 0.15) is 0 Å². The molecule has 0 saturated heterocycles. The third kappa shape index (κ3) is 5.93. The van der Waals surface area contributed by atoms with E-state index in [1.54, 1.807) is 11.8 Å². The molecule has 4 aromatic rings. The molecule has 0 aliphatic carbocycles. The number of nitriles is 1. The Morgan fingerprint density at radius 2 is 1.05 bits per heavy atom. The van der Waals surface area contributed by atoms with Crippen LogP contribution in [0, 0.1) is 11.3 Å². The Morgan fingerprint density at radius 1 is 0.548 bits per heavy atom. The van der Waals surface area contributed by atoms with Crippen LogP contribution in [0.2, 0.25) is 0 Å². The SMILES string of the molecule is CCCCCCN1c2ccccc2Sc2cc(-c3ccc4c(c3)Sc3cc(C#N)ccc3N4CCCCCC)ccc21. The van der Waals surface area contributed by atoms with Crippen molar-refractivity contribution in [2.75, 3.05) is 22.9 Å². The van der Waals surface area contributed by atoms with Gasteiger partial charge < -0.3 is 9.80 Å². The number of nitrogens with zero attached hydrogens (tertiary/aromatic N) is 3. The number of fused-ring (bicyclic) bond motifs is 4. The van der Waals surface area contributed by atoms with Crippen LogP contribution >= 0.6 is 23.5 Å². The maximum absolute atomic E-state index is 9.56. The maximum Gasteiger partial charge on any atom is 0.0992 e. The molecule has 0 aromatic heterocycles. The molecule has 4 aromatic carbocycles. The molecule has 2 heterocycles. The molecule has 0 radical (unpaired) electrons. The predicted octanol–water partition coefficient (Wildman–Crippen LogP) is 11.6. The molecule has 0 saturated carbocycles. The molecule has 0 bridgehead atoms. The third-order valence-electron chi connectivity index (χ3n) is 8.28. The van der Waals surface area contributed by atoms with Crippen molar-refractivity contribution in [2.24, 2.45) is 0 Å². The van der Waals surface area contributed by atoms with Gasteiger partial charge in [-0.25, -0.2) is 0 Å². The number of benzene rings is 4. The van der Waals surface area contributed by atoms with Crippen LogP contribution in [-0.4, -0.2) is 13.1 Å². The van der Waals surface area contributed by atoms with E-state index in [1.165, 1.54) is 98.4 Å². The summed E-state index contributed by atoms with van der Waals surface area (Å²) in [5, 5.41) is 9.56. The van der Waals surface area contributed by atoms with Crippen LogP contribution in [0.1, 0.15) is 70.8 Å². The van der Waals surface area contributed by atoms with Crippen molar-refractivity contribution in [3.8, 4) is 17.2 Å². The lowest BCUT2D eigenvalue weighted by molar-refractivity contribution is 0.665. The molecule has 2 aliphatic heterocycles. The van der Waals surface area contributed by atoms with Gasteiger partial charge in [0.2, 0.25) is 0 Å². The monoisotopic (exact) mass is 589 g/mol. The van der Waals surface area contributed by atoms with Gasteiger partial charge in [0, 0.05) is 32.7 Å². The van der Waals surface area contributed by atoms with Crippen LogP contribution < -0.4 is 9.80 Å². The van der Waals surface area contributed by atoms with Crippen LogP contribution in [0.4, 0.5) is 22.7 Å². The molecule has 6 rings (SSSR count). The topological polar surface area (TPSA) is 30.3 Å². The van der Waals surface area contributed by atoms with Crippen LogP contribution in [0.25, 0.3) is 11.1 Å². The van der Waals surface area contributed by atoms with E-state index in [-0.39, 0.29) is 0 Å². The first-order chi connectivity index (χ1) is 20.7. The highest BCUT2D eigenvalue weighted by Gasteiger charge is 2.26. The summed E-state index contributed by atoms with van der Waals surface area (Å²) in [6.07, 6.45) is 9.95. The van der Waals surface area contributed by atoms with Crippen molar-refractivity contribution < 1.29 is 0 Å². The summed E-state index contributed by atoms with van der Waals surface area (Å²) in [6.45, 7) is 6.58. The van der Waals surface area contributed by atoms with E-state index in [0.717, 1.165) is 25.1 Å². The fourth-order valence-electron chi connectivity index (χ4n) is 6.02. The summed E-state index contributed by atoms with van der Waals surface area (Å²) >= 11 is 3.69. The lowest BCUT2D eigenvalue weighted by Gasteiger charge is -2.34. The number of anilines is 4. The van der Waals surface area contributed by atoms with Crippen LogP contribution in [-0.2, 0) is 0 Å². The molecular weight excluding hydrogens is 551 g/mol. The molecular formula is C37H39N3S2. The molecule has 0 unspecified atom stereocenters. The van der Waals surface area contributed by atoms with Gasteiger partial charge in [0.15, 0.2) is 0 Å². The van der Waals surface area contributed by atoms with Crippen molar-refractivity contribution in [3.05, 3.63) is 84.4 Å². The Balaban J connectivity index is 1.32. The van der Waals surface area contributed by atoms with E-state index in [9.17, 15) is 5.26 Å². The fourth-order valence-corrected chi connectivity index (χ4v) is 8.33. The molecule has 5 heteroatoms. The molecule has 42 heavy (non-hydrogen) atoms. The second-order valence-electron chi connectivity index (χ2n) is 11.3. The minimum absolute atomic E-state index is 0.720. The summed E-state index contributed by atoms with van der Waals surface area (Å²) in [7, 11) is 0. The summed E-state index contributed by atoms with van der Waals surface area (Å²) < 4.78 is 0. The second-order valence-corrected chi connectivity index (χ2v) is 13.4. The van der Waals surface area contributed by atoms with Crippen LogP contribution in [0.15, 0.2) is 98.4 Å². The van der Waals surface area contributed by atoms with Gasteiger partial charge in [0.25, 0.3) is 0 Å². The fraction of sp³-hybridized carbons (Fsp3) is 0.324. The first-order valence-corrected chi connectivity index (χ1v) is 17.2. The van der Waals surface area contributed by atoms with Gasteiger partial charge in [0.05, 0.1) is 34.4 Å². The lowest BCUT2D eigenvalue weighted by atomic mass is 10.0. The van der Waals surface area contributed by atoms with Crippen molar-refractivity contribution in [3.63, 3.8) is 0 Å². The highest BCUT2D eigenvalue weighted by atomic mass is 32.2. The van der Waals surface area contributed by atoms with Gasteiger partial charge >= 0.3 is 0 Å². The Morgan fingerprint density at radius 3 is 1.62 bits per heavy atom. The Hall–Kier alpha value is -3.33.